The van der Waals surface area contributed by atoms with Crippen molar-refractivity contribution in [1.29, 1.82) is 0 Å². The van der Waals surface area contributed by atoms with Gasteiger partial charge in [-0.1, -0.05) is 12.1 Å². The lowest BCUT2D eigenvalue weighted by molar-refractivity contribution is -0.118. The number of carbonyl (C=O) groups excluding carboxylic acids is 3. The Kier molecular flexibility index (Phi) is 5.54. The summed E-state index contributed by atoms with van der Waals surface area (Å²) in [5.74, 6) is -0.370. The summed E-state index contributed by atoms with van der Waals surface area (Å²) in [5.41, 5.74) is 0.912. The molecular weight excluding hydrogens is 430 g/mol. The zero-order chi connectivity index (χ0) is 23.1. The van der Waals surface area contributed by atoms with Crippen LogP contribution < -0.4 is 10.2 Å². The summed E-state index contributed by atoms with van der Waals surface area (Å²) < 4.78 is 23.1. The van der Waals surface area contributed by atoms with E-state index in [1.807, 2.05) is 13.0 Å². The van der Waals surface area contributed by atoms with Crippen molar-refractivity contribution in [3.8, 4) is 0 Å². The second-order valence-corrected chi connectivity index (χ2v) is 10.4. The van der Waals surface area contributed by atoms with Crippen LogP contribution in [0.1, 0.15) is 43.0 Å². The molecule has 1 fully saturated rings. The molecule has 1 atom stereocenters. The number of carbonyl (C=O) groups is 3. The van der Waals surface area contributed by atoms with Gasteiger partial charge < -0.3 is 10.2 Å². The van der Waals surface area contributed by atoms with Crippen molar-refractivity contribution in [1.82, 2.24) is 4.90 Å². The number of amides is 3. The Morgan fingerprint density at radius 2 is 1.78 bits per heavy atom. The van der Waals surface area contributed by atoms with Crippen molar-refractivity contribution in [2.75, 3.05) is 23.0 Å². The van der Waals surface area contributed by atoms with Crippen LogP contribution in [-0.2, 0) is 19.4 Å². The molecule has 8 nitrogen and oxygen atoms in total. The number of sulfone groups is 1. The van der Waals surface area contributed by atoms with E-state index in [0.29, 0.717) is 42.7 Å². The van der Waals surface area contributed by atoms with Gasteiger partial charge in [0.2, 0.25) is 11.8 Å². The number of hydrogen-bond acceptors (Lipinski definition) is 5. The molecule has 2 aliphatic rings. The molecule has 32 heavy (non-hydrogen) atoms. The topological polar surface area (TPSA) is 104 Å². The molecule has 2 heterocycles. The first-order valence-electron chi connectivity index (χ1n) is 10.5. The van der Waals surface area contributed by atoms with Gasteiger partial charge in [-0.15, -0.1) is 0 Å². The highest BCUT2D eigenvalue weighted by atomic mass is 32.2. The fraction of sp³-hybridized carbons (Fsp3) is 0.348. The smallest absolute Gasteiger partial charge is 0.257 e. The Hall–Kier alpha value is -3.20. The quantitative estimate of drug-likeness (QED) is 0.721. The molecule has 0 radical (unpaired) electrons. The van der Waals surface area contributed by atoms with Crippen LogP contribution in [0.2, 0.25) is 0 Å². The Morgan fingerprint density at radius 1 is 1.09 bits per heavy atom. The summed E-state index contributed by atoms with van der Waals surface area (Å²) in [6, 6.07) is 13.1. The third-order valence-electron chi connectivity index (χ3n) is 6.10. The molecule has 4 rings (SSSR count). The van der Waals surface area contributed by atoms with E-state index in [9.17, 15) is 22.8 Å². The molecule has 0 aromatic heterocycles. The van der Waals surface area contributed by atoms with E-state index in [1.54, 1.807) is 40.1 Å². The third-order valence-corrected chi connectivity index (χ3v) is 7.23. The monoisotopic (exact) mass is 455 g/mol. The molecule has 0 aliphatic carbocycles. The number of para-hydroxylation sites is 1. The van der Waals surface area contributed by atoms with Gasteiger partial charge in [0, 0.05) is 31.3 Å². The first-order chi connectivity index (χ1) is 15.1. The maximum absolute atomic E-state index is 13.2. The lowest BCUT2D eigenvalue weighted by atomic mass is 9.98. The predicted octanol–water partition coefficient (Wildman–Crippen LogP) is 2.81. The molecule has 2 aromatic carbocycles. The fourth-order valence-electron chi connectivity index (χ4n) is 4.45. The molecule has 0 bridgehead atoms. The summed E-state index contributed by atoms with van der Waals surface area (Å²) in [6.45, 7) is 2.24. The summed E-state index contributed by atoms with van der Waals surface area (Å²) >= 11 is 0. The summed E-state index contributed by atoms with van der Waals surface area (Å²) in [6.07, 6.45) is 2.66. The summed E-state index contributed by atoms with van der Waals surface area (Å²) in [4.78, 5) is 41.8. The Morgan fingerprint density at radius 3 is 2.47 bits per heavy atom. The van der Waals surface area contributed by atoms with Crippen molar-refractivity contribution in [3.63, 3.8) is 0 Å². The second kappa shape index (κ2) is 8.05. The average Bonchev–Trinajstić information content (AvgIpc) is 3.05. The van der Waals surface area contributed by atoms with Gasteiger partial charge in [0.15, 0.2) is 9.84 Å². The van der Waals surface area contributed by atoms with Crippen LogP contribution in [0, 0.1) is 0 Å². The van der Waals surface area contributed by atoms with Crippen molar-refractivity contribution < 1.29 is 22.8 Å². The van der Waals surface area contributed by atoms with Gasteiger partial charge >= 0.3 is 0 Å². The number of rotatable bonds is 6. The molecule has 168 valence electrons. The zero-order valence-electron chi connectivity index (χ0n) is 18.0. The van der Waals surface area contributed by atoms with Crippen molar-refractivity contribution in [3.05, 3.63) is 54.1 Å². The van der Waals surface area contributed by atoms with Crippen LogP contribution in [0.4, 0.5) is 11.4 Å². The van der Waals surface area contributed by atoms with Crippen LogP contribution in [0.3, 0.4) is 0 Å². The van der Waals surface area contributed by atoms with Crippen LogP contribution in [0.15, 0.2) is 53.4 Å². The van der Waals surface area contributed by atoms with Gasteiger partial charge in [0.1, 0.15) is 5.66 Å². The Balaban J connectivity index is 1.42. The van der Waals surface area contributed by atoms with E-state index in [4.69, 9.17) is 0 Å². The largest absolute Gasteiger partial charge is 0.326 e. The number of nitrogens with one attached hydrogen (secondary N) is 1. The van der Waals surface area contributed by atoms with Gasteiger partial charge in [0.25, 0.3) is 5.91 Å². The number of benzene rings is 2. The van der Waals surface area contributed by atoms with Gasteiger partial charge in [-0.25, -0.2) is 8.42 Å². The van der Waals surface area contributed by atoms with E-state index < -0.39 is 15.5 Å². The Labute approximate surface area is 187 Å². The number of anilines is 2. The van der Waals surface area contributed by atoms with Gasteiger partial charge in [-0.3, -0.25) is 19.3 Å². The molecule has 1 unspecified atom stereocenters. The minimum atomic E-state index is -3.30. The highest BCUT2D eigenvalue weighted by molar-refractivity contribution is 7.90. The van der Waals surface area contributed by atoms with Gasteiger partial charge in [-0.2, -0.15) is 0 Å². The van der Waals surface area contributed by atoms with E-state index >= 15 is 0 Å². The number of hydrogen-bond donors (Lipinski definition) is 1. The zero-order valence-corrected chi connectivity index (χ0v) is 18.8. The molecule has 9 heteroatoms. The van der Waals surface area contributed by atoms with Gasteiger partial charge in [0.05, 0.1) is 16.1 Å². The minimum absolute atomic E-state index is 0.00673. The molecule has 0 saturated carbocycles. The van der Waals surface area contributed by atoms with Crippen LogP contribution in [0.5, 0.6) is 0 Å². The first-order valence-corrected chi connectivity index (χ1v) is 12.3. The van der Waals surface area contributed by atoms with Crippen LogP contribution in [-0.4, -0.2) is 49.5 Å². The maximum atomic E-state index is 13.2. The van der Waals surface area contributed by atoms with Crippen molar-refractivity contribution in [2.24, 2.45) is 0 Å². The average molecular weight is 456 g/mol. The molecule has 0 spiro atoms. The van der Waals surface area contributed by atoms with Crippen LogP contribution in [0.25, 0.3) is 0 Å². The van der Waals surface area contributed by atoms with E-state index in [2.05, 4.69) is 5.32 Å². The highest BCUT2D eigenvalue weighted by Gasteiger charge is 2.52. The molecule has 2 aromatic rings. The van der Waals surface area contributed by atoms with Crippen molar-refractivity contribution >= 4 is 38.9 Å². The predicted molar refractivity (Wildman–Crippen MR) is 120 cm³/mol. The summed E-state index contributed by atoms with van der Waals surface area (Å²) in [5, 5.41) is 2.75. The number of fused-ring (bicyclic) bond motifs is 3. The van der Waals surface area contributed by atoms with Gasteiger partial charge in [-0.05, 0) is 56.2 Å². The maximum Gasteiger partial charge on any atom is 0.257 e. The first kappa shape index (κ1) is 22.0. The third kappa shape index (κ3) is 3.88. The van der Waals surface area contributed by atoms with E-state index in [-0.39, 0.29) is 29.0 Å². The SMILES string of the molecule is CC12CCC(=O)N1c1ccccc1C(=O)N2CCCC(=O)Nc1ccc(S(C)(=O)=O)cc1. The van der Waals surface area contributed by atoms with E-state index in [1.165, 1.54) is 12.1 Å². The van der Waals surface area contributed by atoms with Crippen molar-refractivity contribution in [2.45, 2.75) is 43.2 Å². The lowest BCUT2D eigenvalue weighted by Gasteiger charge is -2.48. The molecule has 1 N–H and O–H groups in total. The molecule has 2 aliphatic heterocycles. The molecule has 1 saturated heterocycles. The Bertz CT molecular complexity index is 1190. The second-order valence-electron chi connectivity index (χ2n) is 8.37. The fourth-order valence-corrected chi connectivity index (χ4v) is 5.08. The normalized spacial score (nSPS) is 20.2. The van der Waals surface area contributed by atoms with E-state index in [0.717, 1.165) is 6.26 Å². The summed E-state index contributed by atoms with van der Waals surface area (Å²) in [7, 11) is -3.30. The molecule has 3 amide bonds. The standard InChI is InChI=1S/C23H25N3O5S/c1-23-14-13-21(28)26(23)19-7-4-3-6-18(19)22(29)25(23)15-5-8-20(27)24-16-9-11-17(12-10-16)32(2,30)31/h3-4,6-7,9-12H,5,8,13-15H2,1-2H3,(H,24,27). The lowest BCUT2D eigenvalue weighted by Crippen LogP contribution is -2.62. The minimum Gasteiger partial charge on any atom is -0.326 e. The number of nitrogens with zero attached hydrogens (tertiary/aromatic N) is 2. The van der Waals surface area contributed by atoms with Crippen LogP contribution >= 0.6 is 0 Å². The highest BCUT2D eigenvalue weighted by Crippen LogP contribution is 2.44. The molecular formula is C23H25N3O5S.